The van der Waals surface area contributed by atoms with Crippen LogP contribution in [0.2, 0.25) is 0 Å². The molecule has 0 amide bonds. The van der Waals surface area contributed by atoms with Gasteiger partial charge in [-0.15, -0.1) is 0 Å². The average Bonchev–Trinajstić information content (AvgIpc) is 2.76. The topological polar surface area (TPSA) is 86.5 Å². The molecule has 3 rings (SSSR count). The first-order chi connectivity index (χ1) is 14.7. The Morgan fingerprint density at radius 1 is 0.903 bits per heavy atom. The van der Waals surface area contributed by atoms with Gasteiger partial charge >= 0.3 is 12.1 Å². The largest absolute Gasteiger partial charge is 0.454 e. The van der Waals surface area contributed by atoms with Crippen LogP contribution < -0.4 is 0 Å². The van der Waals surface area contributed by atoms with Gasteiger partial charge in [0.05, 0.1) is 16.1 Å². The second-order valence-electron chi connectivity index (χ2n) is 6.42. The van der Waals surface area contributed by atoms with Gasteiger partial charge in [0, 0.05) is 17.7 Å². The molecule has 31 heavy (non-hydrogen) atoms. The monoisotopic (exact) mass is 429 g/mol. The van der Waals surface area contributed by atoms with Crippen molar-refractivity contribution in [3.05, 3.63) is 99.6 Å². The number of esters is 1. The van der Waals surface area contributed by atoms with Gasteiger partial charge < -0.3 is 4.74 Å². The molecule has 0 radical (unpaired) electrons. The Bertz CT molecular complexity index is 1120. The highest BCUT2D eigenvalue weighted by Crippen LogP contribution is 2.32. The molecule has 158 valence electrons. The second kappa shape index (κ2) is 8.78. The summed E-state index contributed by atoms with van der Waals surface area (Å²) in [5.41, 5.74) is -0.0524. The lowest BCUT2D eigenvalue weighted by molar-refractivity contribution is -0.384. The molecule has 0 fully saturated rings. The zero-order valence-corrected chi connectivity index (χ0v) is 15.8. The van der Waals surface area contributed by atoms with E-state index >= 15 is 0 Å². The number of nitrogens with zero attached hydrogens (tertiary/aromatic N) is 1. The van der Waals surface area contributed by atoms with Crippen molar-refractivity contribution in [2.45, 2.75) is 6.18 Å². The number of carbonyl (C=O) groups excluding carboxylic acids is 2. The summed E-state index contributed by atoms with van der Waals surface area (Å²) in [7, 11) is 0. The standard InChI is InChI=1S/C22H14F3NO5/c23-22(24,25)16-9-5-14(6-10-16)18-3-1-2-4-19(18)21(28)31-13-20(27)15-7-11-17(12-8-15)26(29)30/h1-12H,13H2. The number of Topliss-reactive ketones (excluding diaryl/α,β-unsaturated/α-hetero) is 1. The molecule has 0 atom stereocenters. The van der Waals surface area contributed by atoms with E-state index in [9.17, 15) is 32.9 Å². The lowest BCUT2D eigenvalue weighted by atomic mass is 9.98. The quantitative estimate of drug-likeness (QED) is 0.229. The Morgan fingerprint density at radius 3 is 2.10 bits per heavy atom. The van der Waals surface area contributed by atoms with Crippen molar-refractivity contribution in [2.24, 2.45) is 0 Å². The maximum Gasteiger partial charge on any atom is 0.416 e. The molecule has 0 aromatic heterocycles. The van der Waals surface area contributed by atoms with Gasteiger partial charge in [0.1, 0.15) is 0 Å². The van der Waals surface area contributed by atoms with Crippen LogP contribution in [-0.4, -0.2) is 23.3 Å². The van der Waals surface area contributed by atoms with E-state index < -0.39 is 35.0 Å². The Morgan fingerprint density at radius 2 is 1.52 bits per heavy atom. The van der Waals surface area contributed by atoms with Crippen molar-refractivity contribution in [3.8, 4) is 11.1 Å². The molecule has 0 heterocycles. The first kappa shape index (κ1) is 21.7. The van der Waals surface area contributed by atoms with Gasteiger partial charge in [-0.2, -0.15) is 13.2 Å². The molecule has 0 N–H and O–H groups in total. The van der Waals surface area contributed by atoms with Crippen LogP contribution in [0.1, 0.15) is 26.3 Å². The zero-order valence-electron chi connectivity index (χ0n) is 15.8. The SMILES string of the molecule is O=C(COC(=O)c1ccccc1-c1ccc(C(F)(F)F)cc1)c1ccc([N+](=O)[O-])cc1. The molecule has 0 saturated carbocycles. The maximum absolute atomic E-state index is 12.8. The lowest BCUT2D eigenvalue weighted by Crippen LogP contribution is -2.15. The molecule has 0 saturated heterocycles. The molecule has 3 aromatic rings. The molecule has 0 aliphatic heterocycles. The molecule has 0 aliphatic rings. The van der Waals surface area contributed by atoms with E-state index in [-0.39, 0.29) is 16.8 Å². The summed E-state index contributed by atoms with van der Waals surface area (Å²) < 4.78 is 43.4. The number of hydrogen-bond donors (Lipinski definition) is 0. The Kier molecular flexibility index (Phi) is 6.15. The number of hydrogen-bond acceptors (Lipinski definition) is 5. The number of ether oxygens (including phenoxy) is 1. The summed E-state index contributed by atoms with van der Waals surface area (Å²) in [5.74, 6) is -1.39. The van der Waals surface area contributed by atoms with Crippen LogP contribution in [0.15, 0.2) is 72.8 Å². The Hall–Kier alpha value is -4.01. The fourth-order valence-corrected chi connectivity index (χ4v) is 2.81. The first-order valence-electron chi connectivity index (χ1n) is 8.88. The number of halogens is 3. The van der Waals surface area contributed by atoms with Gasteiger partial charge in [-0.3, -0.25) is 14.9 Å². The minimum absolute atomic E-state index is 0.0822. The fourth-order valence-electron chi connectivity index (χ4n) is 2.81. The van der Waals surface area contributed by atoms with Crippen molar-refractivity contribution < 1.29 is 32.4 Å². The van der Waals surface area contributed by atoms with Gasteiger partial charge in [-0.25, -0.2) is 4.79 Å². The average molecular weight is 429 g/mol. The number of carbonyl (C=O) groups is 2. The number of nitro benzene ring substituents is 1. The predicted octanol–water partition coefficient (Wildman–Crippen LogP) is 5.32. The highest BCUT2D eigenvalue weighted by molar-refractivity contribution is 6.01. The summed E-state index contributed by atoms with van der Waals surface area (Å²) in [6, 6.07) is 15.3. The van der Waals surface area contributed by atoms with Crippen molar-refractivity contribution in [1.29, 1.82) is 0 Å². The molecule has 0 unspecified atom stereocenters. The van der Waals surface area contributed by atoms with E-state index in [1.807, 2.05) is 0 Å². The van der Waals surface area contributed by atoms with Crippen molar-refractivity contribution in [1.82, 2.24) is 0 Å². The van der Waals surface area contributed by atoms with Gasteiger partial charge in [-0.05, 0) is 41.5 Å². The molecule has 9 heteroatoms. The van der Waals surface area contributed by atoms with Gasteiger partial charge in [0.15, 0.2) is 12.4 Å². The number of benzene rings is 3. The number of rotatable bonds is 6. The number of ketones is 1. The van der Waals surface area contributed by atoms with E-state index in [1.165, 1.54) is 30.3 Å². The number of alkyl halides is 3. The summed E-state index contributed by atoms with van der Waals surface area (Å²) >= 11 is 0. The highest BCUT2D eigenvalue weighted by Gasteiger charge is 2.30. The normalized spacial score (nSPS) is 11.1. The minimum atomic E-state index is -4.48. The van der Waals surface area contributed by atoms with Crippen molar-refractivity contribution >= 4 is 17.4 Å². The Labute approximate surface area is 174 Å². The van der Waals surface area contributed by atoms with E-state index in [0.717, 1.165) is 24.3 Å². The van der Waals surface area contributed by atoms with E-state index in [0.29, 0.717) is 11.1 Å². The molecule has 0 spiro atoms. The van der Waals surface area contributed by atoms with Crippen LogP contribution in [0, 0.1) is 10.1 Å². The van der Waals surface area contributed by atoms with Gasteiger partial charge in [0.25, 0.3) is 5.69 Å². The van der Waals surface area contributed by atoms with Gasteiger partial charge in [-0.1, -0.05) is 30.3 Å². The second-order valence-corrected chi connectivity index (χ2v) is 6.42. The maximum atomic E-state index is 12.8. The molecule has 6 nitrogen and oxygen atoms in total. The predicted molar refractivity (Wildman–Crippen MR) is 105 cm³/mol. The molecule has 3 aromatic carbocycles. The van der Waals surface area contributed by atoms with E-state index in [4.69, 9.17) is 4.74 Å². The highest BCUT2D eigenvalue weighted by atomic mass is 19.4. The van der Waals surface area contributed by atoms with E-state index in [2.05, 4.69) is 0 Å². The van der Waals surface area contributed by atoms with Crippen LogP contribution in [0.3, 0.4) is 0 Å². The van der Waals surface area contributed by atoms with E-state index in [1.54, 1.807) is 18.2 Å². The lowest BCUT2D eigenvalue weighted by Gasteiger charge is -2.11. The third-order valence-electron chi connectivity index (χ3n) is 4.40. The smallest absolute Gasteiger partial charge is 0.416 e. The van der Waals surface area contributed by atoms with Crippen molar-refractivity contribution in [3.63, 3.8) is 0 Å². The summed E-state index contributed by atoms with van der Waals surface area (Å²) in [6.07, 6.45) is -4.48. The Balaban J connectivity index is 1.74. The third kappa shape index (κ3) is 5.13. The number of non-ortho nitro benzene ring substituents is 1. The van der Waals surface area contributed by atoms with Crippen LogP contribution in [-0.2, 0) is 10.9 Å². The first-order valence-corrected chi connectivity index (χ1v) is 8.88. The van der Waals surface area contributed by atoms with Crippen LogP contribution in [0.5, 0.6) is 0 Å². The van der Waals surface area contributed by atoms with Crippen molar-refractivity contribution in [2.75, 3.05) is 6.61 Å². The molecule has 0 bridgehead atoms. The van der Waals surface area contributed by atoms with Crippen LogP contribution in [0.4, 0.5) is 18.9 Å². The molecular weight excluding hydrogens is 415 g/mol. The van der Waals surface area contributed by atoms with Crippen LogP contribution >= 0.6 is 0 Å². The molecule has 0 aliphatic carbocycles. The fraction of sp³-hybridized carbons (Fsp3) is 0.0909. The molecular formula is C22H14F3NO5. The summed E-state index contributed by atoms with van der Waals surface area (Å²) in [5, 5.41) is 10.7. The number of nitro groups is 1. The van der Waals surface area contributed by atoms with Crippen LogP contribution in [0.25, 0.3) is 11.1 Å². The van der Waals surface area contributed by atoms with Gasteiger partial charge in [0.2, 0.25) is 0 Å². The zero-order chi connectivity index (χ0) is 22.6. The minimum Gasteiger partial charge on any atom is -0.454 e. The third-order valence-corrected chi connectivity index (χ3v) is 4.40. The summed E-state index contributed by atoms with van der Waals surface area (Å²) in [4.78, 5) is 34.8. The summed E-state index contributed by atoms with van der Waals surface area (Å²) in [6.45, 7) is -0.599.